The fourth-order valence-corrected chi connectivity index (χ4v) is 7.04. The Kier molecular flexibility index (Phi) is 11.7. The molecule has 14 nitrogen and oxygen atoms in total. The molecule has 1 aromatic carbocycles. The summed E-state index contributed by atoms with van der Waals surface area (Å²) in [7, 11) is 0. The molecule has 0 unspecified atom stereocenters. The zero-order valence-corrected chi connectivity index (χ0v) is 28.0. The molecule has 47 heavy (non-hydrogen) atoms. The molecular weight excluding hydrogens is 634 g/mol. The second-order valence-electron chi connectivity index (χ2n) is 12.3. The van der Waals surface area contributed by atoms with E-state index in [9.17, 15) is 33.9 Å². The zero-order valence-electron chi connectivity index (χ0n) is 27.1. The van der Waals surface area contributed by atoms with Gasteiger partial charge in [-0.3, -0.25) is 19.2 Å². The van der Waals surface area contributed by atoms with Gasteiger partial charge in [-0.1, -0.05) is 40.7 Å². The standard InChI is InChI=1S/C32H41N3O11S/c1-15(2)29(39)43-13-45-31(41)19-8-7-9-20(10-19)34-27(37)22-11-21(12-33-22)47-26-17(5)24-23(18(6)36)28(38)35(24)25(26)32(42)46-14-44-30(40)16(3)4/h7-10,15-18,21-24,33,36H,11-14H2,1-6H3,(H,34,37)/t17-,18-,21+,22+,23-,24-/m1/s1. The fourth-order valence-electron chi connectivity index (χ4n) is 5.56. The summed E-state index contributed by atoms with van der Waals surface area (Å²) in [6.45, 7) is 9.32. The summed E-state index contributed by atoms with van der Waals surface area (Å²) in [6, 6.07) is 5.14. The van der Waals surface area contributed by atoms with Gasteiger partial charge in [-0.05, 0) is 31.5 Å². The Bertz CT molecular complexity index is 1440. The number of aliphatic hydroxyl groups excluding tert-OH is 1. The van der Waals surface area contributed by atoms with Crippen molar-refractivity contribution in [3.63, 3.8) is 0 Å². The van der Waals surface area contributed by atoms with E-state index in [1.807, 2.05) is 6.92 Å². The first-order valence-corrected chi connectivity index (χ1v) is 16.3. The number of carbonyl (C=O) groups is 6. The minimum absolute atomic E-state index is 0.0607. The molecule has 3 heterocycles. The SMILES string of the molecule is CC(C)C(=O)OCOC(=O)C1=C(S[C@@H]2CN[C@H](C(=O)Nc3cccc(C(=O)OCOC(=O)C(C)C)c3)C2)[C@H](C)[C@@H]2[C@@H]([C@@H](C)O)C(=O)N12. The molecule has 2 amide bonds. The Morgan fingerprint density at radius 2 is 1.60 bits per heavy atom. The van der Waals surface area contributed by atoms with Crippen LogP contribution in [0.15, 0.2) is 34.9 Å². The summed E-state index contributed by atoms with van der Waals surface area (Å²) in [4.78, 5) is 77.1. The number of carbonyl (C=O) groups excluding carboxylic acids is 6. The van der Waals surface area contributed by atoms with Gasteiger partial charge in [0.05, 0.1) is 41.5 Å². The lowest BCUT2D eigenvalue weighted by molar-refractivity contribution is -0.173. The van der Waals surface area contributed by atoms with Gasteiger partial charge in [0.1, 0.15) is 5.70 Å². The van der Waals surface area contributed by atoms with Crippen molar-refractivity contribution in [2.45, 2.75) is 71.4 Å². The van der Waals surface area contributed by atoms with Crippen molar-refractivity contribution in [2.24, 2.45) is 23.7 Å². The van der Waals surface area contributed by atoms with Crippen LogP contribution in [-0.2, 0) is 42.9 Å². The lowest BCUT2D eigenvalue weighted by Crippen LogP contribution is -2.63. The zero-order chi connectivity index (χ0) is 34.6. The van der Waals surface area contributed by atoms with Crippen molar-refractivity contribution in [2.75, 3.05) is 25.4 Å². The number of benzene rings is 1. The third kappa shape index (κ3) is 8.14. The first-order valence-electron chi connectivity index (χ1n) is 15.4. The minimum atomic E-state index is -0.913. The summed E-state index contributed by atoms with van der Waals surface area (Å²) in [5.41, 5.74) is 0.584. The second kappa shape index (κ2) is 15.3. The molecule has 3 aliphatic rings. The second-order valence-corrected chi connectivity index (χ2v) is 13.7. The van der Waals surface area contributed by atoms with E-state index < -0.39 is 67.5 Å². The van der Waals surface area contributed by atoms with Crippen LogP contribution >= 0.6 is 11.8 Å². The number of nitrogens with zero attached hydrogens (tertiary/aromatic N) is 1. The maximum Gasteiger partial charge on any atom is 0.358 e. The topological polar surface area (TPSA) is 187 Å². The van der Waals surface area contributed by atoms with E-state index in [4.69, 9.17) is 18.9 Å². The predicted molar refractivity (Wildman–Crippen MR) is 168 cm³/mol. The van der Waals surface area contributed by atoms with E-state index in [0.717, 1.165) is 0 Å². The highest BCUT2D eigenvalue weighted by molar-refractivity contribution is 8.03. The van der Waals surface area contributed by atoms with E-state index in [1.165, 1.54) is 35.7 Å². The largest absolute Gasteiger partial charge is 0.428 e. The molecule has 3 aliphatic heterocycles. The summed E-state index contributed by atoms with van der Waals surface area (Å²) in [5, 5.41) is 16.1. The Hall–Kier alpha value is -3.95. The number of thioether (sulfide) groups is 1. The van der Waals surface area contributed by atoms with E-state index in [0.29, 0.717) is 23.6 Å². The predicted octanol–water partition coefficient (Wildman–Crippen LogP) is 2.17. The summed E-state index contributed by atoms with van der Waals surface area (Å²) in [5.74, 6) is -5.03. The monoisotopic (exact) mass is 675 g/mol. The summed E-state index contributed by atoms with van der Waals surface area (Å²) in [6.07, 6.45) is -0.522. The summed E-state index contributed by atoms with van der Waals surface area (Å²) < 4.78 is 20.1. The van der Waals surface area contributed by atoms with Crippen molar-refractivity contribution in [3.05, 3.63) is 40.4 Å². The average Bonchev–Trinajstić information content (AvgIpc) is 3.58. The molecular formula is C32H41N3O11S. The minimum Gasteiger partial charge on any atom is -0.428 e. The number of hydrogen-bond donors (Lipinski definition) is 3. The molecule has 0 bridgehead atoms. The van der Waals surface area contributed by atoms with Gasteiger partial charge in [-0.15, -0.1) is 11.8 Å². The van der Waals surface area contributed by atoms with Crippen molar-refractivity contribution in [1.29, 1.82) is 0 Å². The fraction of sp³-hybridized carbons (Fsp3) is 0.562. The molecule has 0 aliphatic carbocycles. The van der Waals surface area contributed by atoms with Gasteiger partial charge in [0.25, 0.3) is 0 Å². The van der Waals surface area contributed by atoms with Crippen molar-refractivity contribution in [3.8, 4) is 0 Å². The molecule has 15 heteroatoms. The number of nitrogens with one attached hydrogen (secondary N) is 2. The molecule has 0 radical (unpaired) electrons. The number of anilines is 1. The van der Waals surface area contributed by atoms with Gasteiger partial charge in [0.2, 0.25) is 25.4 Å². The quantitative estimate of drug-likeness (QED) is 0.157. The molecule has 256 valence electrons. The number of amides is 2. The Labute approximate surface area is 276 Å². The third-order valence-corrected chi connectivity index (χ3v) is 9.61. The molecule has 4 rings (SSSR count). The maximum atomic E-state index is 13.2. The molecule has 2 fully saturated rings. The molecule has 0 aromatic heterocycles. The van der Waals surface area contributed by atoms with Gasteiger partial charge in [-0.2, -0.15) is 0 Å². The maximum absolute atomic E-state index is 13.2. The van der Waals surface area contributed by atoms with Crippen LogP contribution in [0.1, 0.15) is 58.3 Å². The Morgan fingerprint density at radius 1 is 0.979 bits per heavy atom. The smallest absolute Gasteiger partial charge is 0.358 e. The number of esters is 4. The number of β-lactam (4-membered cyclic amide) rings is 1. The first-order chi connectivity index (χ1) is 22.2. The van der Waals surface area contributed by atoms with Crippen molar-refractivity contribution < 1.29 is 52.8 Å². The molecule has 6 atom stereocenters. The lowest BCUT2D eigenvalue weighted by Gasteiger charge is -2.46. The van der Waals surface area contributed by atoms with Gasteiger partial charge in [-0.25, -0.2) is 9.59 Å². The van der Waals surface area contributed by atoms with Gasteiger partial charge in [0, 0.05) is 28.3 Å². The number of fused-ring (bicyclic) bond motifs is 1. The Morgan fingerprint density at radius 3 is 2.19 bits per heavy atom. The van der Waals surface area contributed by atoms with Crippen LogP contribution in [0, 0.1) is 23.7 Å². The van der Waals surface area contributed by atoms with E-state index in [-0.39, 0.29) is 40.2 Å². The Balaban J connectivity index is 1.39. The average molecular weight is 676 g/mol. The molecule has 3 N–H and O–H groups in total. The van der Waals surface area contributed by atoms with Crippen LogP contribution < -0.4 is 10.6 Å². The number of aliphatic hydroxyl groups is 1. The molecule has 1 aromatic rings. The normalized spacial score (nSPS) is 24.1. The highest BCUT2D eigenvalue weighted by Gasteiger charge is 2.60. The van der Waals surface area contributed by atoms with E-state index in [2.05, 4.69) is 10.6 Å². The van der Waals surface area contributed by atoms with Crippen molar-refractivity contribution >= 4 is 53.1 Å². The van der Waals surface area contributed by atoms with Crippen LogP contribution in [0.3, 0.4) is 0 Å². The highest BCUT2D eigenvalue weighted by Crippen LogP contribution is 2.52. The van der Waals surface area contributed by atoms with Gasteiger partial charge < -0.3 is 39.6 Å². The lowest BCUT2D eigenvalue weighted by atomic mass is 9.79. The van der Waals surface area contributed by atoms with Crippen LogP contribution in [0.2, 0.25) is 0 Å². The number of hydrogen-bond acceptors (Lipinski definition) is 13. The van der Waals surface area contributed by atoms with E-state index in [1.54, 1.807) is 39.8 Å². The molecule has 0 saturated carbocycles. The number of ether oxygens (including phenoxy) is 4. The highest BCUT2D eigenvalue weighted by atomic mass is 32.2. The molecule has 2 saturated heterocycles. The molecule has 0 spiro atoms. The third-order valence-electron chi connectivity index (χ3n) is 8.09. The van der Waals surface area contributed by atoms with Crippen molar-refractivity contribution in [1.82, 2.24) is 10.2 Å². The summed E-state index contributed by atoms with van der Waals surface area (Å²) >= 11 is 1.37. The van der Waals surface area contributed by atoms with Crippen LogP contribution in [0.25, 0.3) is 0 Å². The van der Waals surface area contributed by atoms with Crippen LogP contribution in [-0.4, -0.2) is 89.3 Å². The van der Waals surface area contributed by atoms with Gasteiger partial charge >= 0.3 is 23.9 Å². The van der Waals surface area contributed by atoms with Crippen LogP contribution in [0.4, 0.5) is 5.69 Å². The number of rotatable bonds is 13. The van der Waals surface area contributed by atoms with Crippen LogP contribution in [0.5, 0.6) is 0 Å². The first kappa shape index (κ1) is 35.9. The van der Waals surface area contributed by atoms with E-state index >= 15 is 0 Å². The van der Waals surface area contributed by atoms with Gasteiger partial charge in [0.15, 0.2) is 0 Å².